The second-order valence-electron chi connectivity index (χ2n) is 3.70. The van der Waals surface area contributed by atoms with Crippen LogP contribution in [0, 0.1) is 11.3 Å². The third kappa shape index (κ3) is 5.44. The fourth-order valence-corrected chi connectivity index (χ4v) is 2.10. The summed E-state index contributed by atoms with van der Waals surface area (Å²) in [4.78, 5) is 4.06. The third-order valence-corrected chi connectivity index (χ3v) is 3.05. The molecule has 0 fully saturated rings. The molecule has 1 aromatic carbocycles. The summed E-state index contributed by atoms with van der Waals surface area (Å²) >= 11 is 1.11. The van der Waals surface area contributed by atoms with E-state index < -0.39 is 12.7 Å². The Labute approximate surface area is 125 Å². The van der Waals surface area contributed by atoms with E-state index in [2.05, 4.69) is 10.3 Å². The van der Waals surface area contributed by atoms with E-state index in [0.717, 1.165) is 16.9 Å². The van der Waals surface area contributed by atoms with Crippen molar-refractivity contribution in [2.75, 3.05) is 11.9 Å². The van der Waals surface area contributed by atoms with Gasteiger partial charge in [0.05, 0.1) is 17.3 Å². The highest BCUT2D eigenvalue weighted by molar-refractivity contribution is 7.14. The van der Waals surface area contributed by atoms with Crippen molar-refractivity contribution < 1.29 is 13.2 Å². The van der Waals surface area contributed by atoms with E-state index >= 15 is 0 Å². The van der Waals surface area contributed by atoms with Crippen molar-refractivity contribution in [1.29, 1.82) is 5.26 Å². The molecular weight excluding hydrogens is 299 g/mol. The van der Waals surface area contributed by atoms with Crippen molar-refractivity contribution in [2.24, 2.45) is 0 Å². The number of hydrogen-bond donors (Lipinski definition) is 1. The van der Waals surface area contributed by atoms with E-state index in [1.807, 2.05) is 19.9 Å². The van der Waals surface area contributed by atoms with Crippen molar-refractivity contribution in [3.63, 3.8) is 0 Å². The fourth-order valence-electron chi connectivity index (χ4n) is 1.38. The minimum atomic E-state index is -4.26. The third-order valence-electron chi connectivity index (χ3n) is 2.25. The molecule has 0 amide bonds. The number of alkyl halides is 3. The largest absolute Gasteiger partial charge is 0.405 e. The van der Waals surface area contributed by atoms with E-state index in [-0.39, 0.29) is 5.13 Å². The summed E-state index contributed by atoms with van der Waals surface area (Å²) in [7, 11) is 0. The van der Waals surface area contributed by atoms with Gasteiger partial charge in [-0.2, -0.15) is 18.4 Å². The lowest BCUT2D eigenvalue weighted by Crippen LogP contribution is -2.21. The molecule has 2 aromatic rings. The summed E-state index contributed by atoms with van der Waals surface area (Å²) in [6.45, 7) is 2.90. The van der Waals surface area contributed by atoms with Crippen molar-refractivity contribution in [3.05, 3.63) is 35.2 Å². The molecule has 0 bridgehead atoms. The van der Waals surface area contributed by atoms with Gasteiger partial charge < -0.3 is 5.32 Å². The molecule has 112 valence electrons. The number of hydrogen-bond acceptors (Lipinski definition) is 4. The highest BCUT2D eigenvalue weighted by Gasteiger charge is 2.27. The molecule has 0 saturated heterocycles. The smallest absolute Gasteiger partial charge is 0.352 e. The number of nitriles is 1. The standard InChI is InChI=1S/C12H8F3N3S.C2H6/c13-12(14,15)7-17-11-18-10(6-19-11)9-3-1-8(5-16)2-4-9;1-2/h1-4,6H,7H2,(H,17,18);1-2H3. The first-order valence-electron chi connectivity index (χ1n) is 6.24. The number of benzene rings is 1. The van der Waals surface area contributed by atoms with Gasteiger partial charge in [-0.3, -0.25) is 0 Å². The van der Waals surface area contributed by atoms with Gasteiger partial charge in [0.15, 0.2) is 5.13 Å². The first kappa shape index (κ1) is 17.0. The molecule has 7 heteroatoms. The van der Waals surface area contributed by atoms with E-state index in [9.17, 15) is 13.2 Å². The van der Waals surface area contributed by atoms with Crippen molar-refractivity contribution >= 4 is 16.5 Å². The van der Waals surface area contributed by atoms with Gasteiger partial charge in [-0.1, -0.05) is 26.0 Å². The fraction of sp³-hybridized carbons (Fsp3) is 0.286. The quantitative estimate of drug-likeness (QED) is 0.895. The molecule has 0 aliphatic carbocycles. The predicted octanol–water partition coefficient (Wildman–Crippen LogP) is 4.68. The van der Waals surface area contributed by atoms with Gasteiger partial charge in [0.25, 0.3) is 0 Å². The van der Waals surface area contributed by atoms with E-state index in [0.29, 0.717) is 11.3 Å². The normalized spacial score (nSPS) is 10.3. The molecule has 0 atom stereocenters. The lowest BCUT2D eigenvalue weighted by molar-refractivity contribution is -0.115. The second kappa shape index (κ2) is 7.64. The number of halogens is 3. The number of aromatic nitrogens is 1. The molecule has 0 aliphatic heterocycles. The zero-order chi connectivity index (χ0) is 15.9. The molecule has 0 saturated carbocycles. The molecule has 3 nitrogen and oxygen atoms in total. The zero-order valence-electron chi connectivity index (χ0n) is 11.5. The maximum absolute atomic E-state index is 12.0. The van der Waals surface area contributed by atoms with Gasteiger partial charge in [-0.05, 0) is 12.1 Å². The first-order valence-corrected chi connectivity index (χ1v) is 7.12. The number of nitrogens with zero attached hydrogens (tertiary/aromatic N) is 2. The summed E-state index contributed by atoms with van der Waals surface area (Å²) in [6, 6.07) is 8.68. The maximum atomic E-state index is 12.0. The van der Waals surface area contributed by atoms with Crippen LogP contribution in [0.3, 0.4) is 0 Å². The Morgan fingerprint density at radius 3 is 2.38 bits per heavy atom. The Morgan fingerprint density at radius 2 is 1.86 bits per heavy atom. The average molecular weight is 313 g/mol. The van der Waals surface area contributed by atoms with Crippen LogP contribution in [0.25, 0.3) is 11.3 Å². The Morgan fingerprint density at radius 1 is 1.24 bits per heavy atom. The molecule has 1 heterocycles. The second-order valence-corrected chi connectivity index (χ2v) is 4.55. The number of rotatable bonds is 3. The summed E-state index contributed by atoms with van der Waals surface area (Å²) < 4.78 is 36.1. The van der Waals surface area contributed by atoms with Crippen LogP contribution in [-0.4, -0.2) is 17.7 Å². The Hall–Kier alpha value is -2.07. The Kier molecular flexibility index (Phi) is 6.18. The van der Waals surface area contributed by atoms with Gasteiger partial charge in [-0.25, -0.2) is 4.98 Å². The van der Waals surface area contributed by atoms with Crippen LogP contribution in [0.15, 0.2) is 29.6 Å². The summed E-state index contributed by atoms with van der Waals surface area (Å²) in [5, 5.41) is 12.8. The summed E-state index contributed by atoms with van der Waals surface area (Å²) in [5.74, 6) is 0. The SMILES string of the molecule is CC.N#Cc1ccc(-c2csc(NCC(F)(F)F)n2)cc1. The predicted molar refractivity (Wildman–Crippen MR) is 78.2 cm³/mol. The molecule has 0 spiro atoms. The van der Waals surface area contributed by atoms with E-state index in [1.165, 1.54) is 0 Å². The summed E-state index contributed by atoms with van der Waals surface area (Å²) in [6.07, 6.45) is -4.26. The lowest BCUT2D eigenvalue weighted by atomic mass is 10.1. The van der Waals surface area contributed by atoms with Crippen molar-refractivity contribution in [2.45, 2.75) is 20.0 Å². The van der Waals surface area contributed by atoms with Crippen LogP contribution in [0.2, 0.25) is 0 Å². The summed E-state index contributed by atoms with van der Waals surface area (Å²) in [5.41, 5.74) is 1.86. The minimum absolute atomic E-state index is 0.219. The first-order chi connectivity index (χ1) is 9.98. The molecule has 2 rings (SSSR count). The van der Waals surface area contributed by atoms with Gasteiger partial charge in [0.2, 0.25) is 0 Å². The Balaban J connectivity index is 0.00000106. The van der Waals surface area contributed by atoms with Crippen molar-refractivity contribution in [3.8, 4) is 17.3 Å². The highest BCUT2D eigenvalue weighted by atomic mass is 32.1. The minimum Gasteiger partial charge on any atom is -0.352 e. The molecule has 1 aromatic heterocycles. The van der Waals surface area contributed by atoms with E-state index in [4.69, 9.17) is 5.26 Å². The van der Waals surface area contributed by atoms with Gasteiger partial charge in [0.1, 0.15) is 6.54 Å². The van der Waals surface area contributed by atoms with Gasteiger partial charge in [-0.15, -0.1) is 11.3 Å². The molecule has 1 N–H and O–H groups in total. The van der Waals surface area contributed by atoms with Gasteiger partial charge in [0, 0.05) is 10.9 Å². The van der Waals surface area contributed by atoms with Crippen molar-refractivity contribution in [1.82, 2.24) is 4.98 Å². The topological polar surface area (TPSA) is 48.7 Å². The Bertz CT molecular complexity index is 597. The lowest BCUT2D eigenvalue weighted by Gasteiger charge is -2.05. The molecule has 0 aliphatic rings. The number of nitrogens with one attached hydrogen (secondary N) is 1. The molecule has 21 heavy (non-hydrogen) atoms. The monoisotopic (exact) mass is 313 g/mol. The van der Waals surface area contributed by atoms with Crippen LogP contribution in [0.4, 0.5) is 18.3 Å². The van der Waals surface area contributed by atoms with Crippen LogP contribution in [-0.2, 0) is 0 Å². The van der Waals surface area contributed by atoms with Crippen LogP contribution >= 0.6 is 11.3 Å². The highest BCUT2D eigenvalue weighted by Crippen LogP contribution is 2.26. The number of thiazole rings is 1. The number of anilines is 1. The molecule has 0 radical (unpaired) electrons. The van der Waals surface area contributed by atoms with Crippen LogP contribution in [0.1, 0.15) is 19.4 Å². The van der Waals surface area contributed by atoms with Crippen LogP contribution in [0.5, 0.6) is 0 Å². The maximum Gasteiger partial charge on any atom is 0.405 e. The van der Waals surface area contributed by atoms with E-state index in [1.54, 1.807) is 29.6 Å². The zero-order valence-corrected chi connectivity index (χ0v) is 12.3. The molecular formula is C14H14F3N3S. The molecule has 0 unspecified atom stereocenters. The van der Waals surface area contributed by atoms with Gasteiger partial charge >= 0.3 is 6.18 Å². The average Bonchev–Trinajstić information content (AvgIpc) is 2.96. The van der Waals surface area contributed by atoms with Crippen LogP contribution < -0.4 is 5.32 Å².